The van der Waals surface area contributed by atoms with Crippen molar-refractivity contribution in [2.45, 2.75) is 43.9 Å². The number of carbonyl (C=O) groups is 1. The Kier molecular flexibility index (Phi) is 7.80. The number of rotatable bonds is 9. The largest absolute Gasteiger partial charge is 0.347 e. The fourth-order valence-corrected chi connectivity index (χ4v) is 6.10. The maximum atomic E-state index is 12.9. The van der Waals surface area contributed by atoms with Crippen LogP contribution >= 0.6 is 7.60 Å². The van der Waals surface area contributed by atoms with Crippen LogP contribution in [0.1, 0.15) is 30.6 Å². The van der Waals surface area contributed by atoms with Crippen molar-refractivity contribution in [3.63, 3.8) is 0 Å². The van der Waals surface area contributed by atoms with E-state index in [1.165, 1.54) is 12.7 Å². The number of hydrogen-bond acceptors (Lipinski definition) is 9. The number of carbonyl (C=O) groups excluding carboxylic acids is 1. The quantitative estimate of drug-likeness (QED) is 0.249. The summed E-state index contributed by atoms with van der Waals surface area (Å²) in [6.45, 7) is 2.05. The molecule has 2 aliphatic heterocycles. The Morgan fingerprint density at radius 2 is 1.76 bits per heavy atom. The molecule has 3 N–H and O–H groups in total. The summed E-state index contributed by atoms with van der Waals surface area (Å²) in [4.78, 5) is 35.6. The maximum absolute atomic E-state index is 12.9. The molecule has 4 heterocycles. The van der Waals surface area contributed by atoms with E-state index in [4.69, 9.17) is 18.7 Å². The van der Waals surface area contributed by atoms with Gasteiger partial charge in [0.05, 0.1) is 19.1 Å². The van der Waals surface area contributed by atoms with Gasteiger partial charge in [-0.05, 0) is 12.5 Å². The molecule has 2 unspecified atom stereocenters. The Morgan fingerprint density at radius 1 is 1.02 bits per heavy atom. The van der Waals surface area contributed by atoms with E-state index in [0.29, 0.717) is 23.3 Å². The number of amides is 2. The van der Waals surface area contributed by atoms with Gasteiger partial charge in [-0.2, -0.15) is 0 Å². The van der Waals surface area contributed by atoms with Crippen LogP contribution in [0, 0.1) is 0 Å². The van der Waals surface area contributed by atoms with Crippen molar-refractivity contribution in [1.82, 2.24) is 24.8 Å². The van der Waals surface area contributed by atoms with Crippen molar-refractivity contribution in [1.29, 1.82) is 0 Å². The normalized spacial score (nSPS) is 25.1. The first-order valence-electron chi connectivity index (χ1n) is 13.2. The van der Waals surface area contributed by atoms with E-state index in [1.54, 1.807) is 28.8 Å². The predicted octanol–water partition coefficient (Wildman–Crippen LogP) is 3.75. The molecule has 2 aromatic carbocycles. The molecule has 4 aromatic rings. The fraction of sp³-hybridized carbons (Fsp3) is 0.333. The van der Waals surface area contributed by atoms with Crippen LogP contribution in [-0.4, -0.2) is 61.9 Å². The topological polar surface area (TPSA) is 159 Å². The first-order valence-corrected chi connectivity index (χ1v) is 14.9. The number of aromatic nitrogens is 4. The van der Waals surface area contributed by atoms with Crippen LogP contribution in [0.2, 0.25) is 0 Å². The third kappa shape index (κ3) is 5.87. The Balaban J connectivity index is 1.26. The van der Waals surface area contributed by atoms with E-state index < -0.39 is 44.5 Å². The zero-order chi connectivity index (χ0) is 28.4. The van der Waals surface area contributed by atoms with Crippen LogP contribution in [0.3, 0.4) is 0 Å². The Labute approximate surface area is 235 Å². The van der Waals surface area contributed by atoms with Gasteiger partial charge in [-0.1, -0.05) is 60.7 Å². The summed E-state index contributed by atoms with van der Waals surface area (Å²) >= 11 is 0. The fourth-order valence-electron chi connectivity index (χ4n) is 4.95. The highest BCUT2D eigenvalue weighted by molar-refractivity contribution is 7.51. The van der Waals surface area contributed by atoms with E-state index >= 15 is 0 Å². The monoisotopic (exact) mass is 580 g/mol. The number of fused-ring (bicyclic) bond motifs is 2. The third-order valence-electron chi connectivity index (χ3n) is 6.79. The minimum absolute atomic E-state index is 0.132. The van der Waals surface area contributed by atoms with Gasteiger partial charge in [-0.15, -0.1) is 0 Å². The second-order valence-electron chi connectivity index (χ2n) is 9.62. The summed E-state index contributed by atoms with van der Waals surface area (Å²) < 4.78 is 39.1. The molecular weight excluding hydrogens is 551 g/mol. The van der Waals surface area contributed by atoms with E-state index in [0.717, 1.165) is 5.56 Å². The molecule has 0 bridgehead atoms. The highest BCUT2D eigenvalue weighted by Gasteiger charge is 2.54. The number of ether oxygens (including phenoxy) is 3. The second-order valence-corrected chi connectivity index (χ2v) is 11.5. The summed E-state index contributed by atoms with van der Waals surface area (Å²) in [5, 5.41) is 5.33. The molecule has 2 saturated heterocycles. The molecular formula is C27H29N6O7P. The van der Waals surface area contributed by atoms with Crippen molar-refractivity contribution < 1.29 is 33.0 Å². The van der Waals surface area contributed by atoms with Crippen molar-refractivity contribution in [3.05, 3.63) is 84.4 Å². The van der Waals surface area contributed by atoms with Gasteiger partial charge >= 0.3 is 13.6 Å². The first kappa shape index (κ1) is 27.5. The molecule has 41 heavy (non-hydrogen) atoms. The second kappa shape index (κ2) is 11.6. The Hall–Kier alpha value is -3.71. The lowest BCUT2D eigenvalue weighted by Gasteiger charge is -2.22. The molecule has 2 aliphatic rings. The van der Waals surface area contributed by atoms with E-state index in [-0.39, 0.29) is 18.6 Å². The van der Waals surface area contributed by atoms with Crippen LogP contribution < -0.4 is 10.6 Å². The molecule has 6 rings (SSSR count). The number of imidazole rings is 1. The molecule has 6 atom stereocenters. The van der Waals surface area contributed by atoms with Gasteiger partial charge in [0.15, 0.2) is 29.5 Å². The van der Waals surface area contributed by atoms with Gasteiger partial charge in [0.2, 0.25) is 0 Å². The molecule has 14 heteroatoms. The SMILES string of the molecule is CCNC(=O)Nc1ncnc2c1ncn2[C@@H]1O[C@H](COP(=O)(O)Cc2ccccc2)C2O[C@H](c3ccccc3)O[C@@H]21. The van der Waals surface area contributed by atoms with Crippen LogP contribution in [0.5, 0.6) is 0 Å². The maximum Gasteiger partial charge on any atom is 0.332 e. The van der Waals surface area contributed by atoms with E-state index in [9.17, 15) is 14.3 Å². The number of nitrogens with zero attached hydrogens (tertiary/aromatic N) is 4. The predicted molar refractivity (Wildman–Crippen MR) is 147 cm³/mol. The zero-order valence-electron chi connectivity index (χ0n) is 22.1. The highest BCUT2D eigenvalue weighted by atomic mass is 31.2. The summed E-state index contributed by atoms with van der Waals surface area (Å²) in [5.74, 6) is 0.238. The van der Waals surface area contributed by atoms with Gasteiger partial charge in [0.25, 0.3) is 0 Å². The summed E-state index contributed by atoms with van der Waals surface area (Å²) in [7, 11) is -3.98. The summed E-state index contributed by atoms with van der Waals surface area (Å²) in [6, 6.07) is 18.0. The van der Waals surface area contributed by atoms with E-state index in [2.05, 4.69) is 25.6 Å². The van der Waals surface area contributed by atoms with Crippen molar-refractivity contribution in [2.75, 3.05) is 18.5 Å². The molecule has 13 nitrogen and oxygen atoms in total. The van der Waals surface area contributed by atoms with Crippen molar-refractivity contribution in [3.8, 4) is 0 Å². The number of nitrogens with one attached hydrogen (secondary N) is 2. The highest BCUT2D eigenvalue weighted by Crippen LogP contribution is 2.49. The number of hydrogen-bond donors (Lipinski definition) is 3. The van der Waals surface area contributed by atoms with Gasteiger partial charge in [-0.25, -0.2) is 19.7 Å². The van der Waals surface area contributed by atoms with Gasteiger partial charge in [0, 0.05) is 12.1 Å². The average Bonchev–Trinajstić information content (AvgIpc) is 3.67. The van der Waals surface area contributed by atoms with Crippen LogP contribution in [0.15, 0.2) is 73.3 Å². The Morgan fingerprint density at radius 3 is 2.51 bits per heavy atom. The van der Waals surface area contributed by atoms with Gasteiger partial charge in [-0.3, -0.25) is 14.4 Å². The smallest absolute Gasteiger partial charge is 0.332 e. The van der Waals surface area contributed by atoms with Crippen molar-refractivity contribution >= 4 is 30.6 Å². The minimum Gasteiger partial charge on any atom is -0.347 e. The molecule has 0 aliphatic carbocycles. The minimum atomic E-state index is -3.98. The average molecular weight is 581 g/mol. The number of benzene rings is 2. The van der Waals surface area contributed by atoms with Gasteiger partial charge in [0.1, 0.15) is 24.6 Å². The number of anilines is 1. The van der Waals surface area contributed by atoms with Crippen LogP contribution in [-0.2, 0) is 29.5 Å². The lowest BCUT2D eigenvalue weighted by molar-refractivity contribution is -0.152. The third-order valence-corrected chi connectivity index (χ3v) is 8.10. The zero-order valence-corrected chi connectivity index (χ0v) is 23.0. The molecule has 214 valence electrons. The van der Waals surface area contributed by atoms with E-state index in [1.807, 2.05) is 43.3 Å². The number of urea groups is 1. The molecule has 2 aromatic heterocycles. The molecule has 0 radical (unpaired) electrons. The van der Waals surface area contributed by atoms with Gasteiger partial charge < -0.3 is 28.9 Å². The lowest BCUT2D eigenvalue weighted by atomic mass is 10.1. The first-order chi connectivity index (χ1) is 19.9. The Bertz CT molecular complexity index is 1560. The standard InChI is InChI=1S/C27H29N6O7P/c1-2-28-27(34)32-23-20-24(30-15-29-23)33(16-31-20)25-22-21(39-26(40-22)18-11-7-4-8-12-18)19(38-25)13-37-41(35,36)14-17-9-5-3-6-10-17/h3-12,15-16,19,21-22,25-26H,2,13-14H2,1H3,(H,35,36)(H2,28,29,30,32,34)/t19-,21?,22+,25-,26+/m1/s1. The summed E-state index contributed by atoms with van der Waals surface area (Å²) in [6.07, 6.45) is -0.689. The molecule has 2 amide bonds. The molecule has 0 spiro atoms. The molecule has 2 fully saturated rings. The van der Waals surface area contributed by atoms with Crippen LogP contribution in [0.4, 0.5) is 10.6 Å². The summed E-state index contributed by atoms with van der Waals surface area (Å²) in [5.41, 5.74) is 2.27. The lowest BCUT2D eigenvalue weighted by Crippen LogP contribution is -2.31. The molecule has 0 saturated carbocycles. The van der Waals surface area contributed by atoms with Crippen molar-refractivity contribution in [2.24, 2.45) is 0 Å². The van der Waals surface area contributed by atoms with Crippen LogP contribution in [0.25, 0.3) is 11.2 Å².